The Labute approximate surface area is 144 Å². The molecule has 1 amide bonds. The molecule has 0 heterocycles. The van der Waals surface area contributed by atoms with E-state index in [0.717, 1.165) is 18.2 Å². The van der Waals surface area contributed by atoms with Gasteiger partial charge in [-0.3, -0.25) is 4.79 Å². The van der Waals surface area contributed by atoms with Crippen LogP contribution in [0.3, 0.4) is 0 Å². The minimum Gasteiger partial charge on any atom is -0.507 e. The highest BCUT2D eigenvalue weighted by molar-refractivity contribution is 9.10. The van der Waals surface area contributed by atoms with Crippen LogP contribution in [0.1, 0.15) is 17.3 Å². The molecule has 2 rings (SSSR count). The molecule has 2 N–H and O–H groups in total. The van der Waals surface area contributed by atoms with E-state index in [2.05, 4.69) is 21.2 Å². The van der Waals surface area contributed by atoms with Crippen molar-refractivity contribution in [2.75, 3.05) is 5.32 Å². The van der Waals surface area contributed by atoms with Crippen molar-refractivity contribution in [2.24, 2.45) is 0 Å². The van der Waals surface area contributed by atoms with E-state index in [0.29, 0.717) is 4.47 Å². The maximum atomic E-state index is 13.5. The molecule has 0 radical (unpaired) electrons. The Morgan fingerprint density at radius 2 is 1.92 bits per heavy atom. The molecule has 0 aliphatic carbocycles. The summed E-state index contributed by atoms with van der Waals surface area (Å²) in [5, 5.41) is 11.8. The summed E-state index contributed by atoms with van der Waals surface area (Å²) in [6.45, 7) is 1.26. The van der Waals surface area contributed by atoms with Crippen LogP contribution < -0.4 is 5.32 Å². The minimum absolute atomic E-state index is 0.138. The quantitative estimate of drug-likeness (QED) is 0.769. The van der Waals surface area contributed by atoms with Gasteiger partial charge in [0.15, 0.2) is 6.10 Å². The number of nitrogens with one attached hydrogen (secondary N) is 1. The summed E-state index contributed by atoms with van der Waals surface area (Å²) in [7, 11) is 0. The summed E-state index contributed by atoms with van der Waals surface area (Å²) >= 11 is 3.14. The van der Waals surface area contributed by atoms with Gasteiger partial charge >= 0.3 is 5.97 Å². The third-order valence-electron chi connectivity index (χ3n) is 3.02. The van der Waals surface area contributed by atoms with Crippen molar-refractivity contribution in [2.45, 2.75) is 13.0 Å². The van der Waals surface area contributed by atoms with Crippen molar-refractivity contribution in [3.05, 3.63) is 58.1 Å². The van der Waals surface area contributed by atoms with Gasteiger partial charge in [0.05, 0.1) is 5.69 Å². The second-order valence-corrected chi connectivity index (χ2v) is 5.74. The normalized spacial score (nSPS) is 11.7. The third kappa shape index (κ3) is 4.29. The fraction of sp³-hybridized carbons (Fsp3) is 0.125. The number of phenolic OH excluding ortho intramolecular Hbond substituents is 1. The van der Waals surface area contributed by atoms with Crippen molar-refractivity contribution in [1.82, 2.24) is 0 Å². The number of benzene rings is 2. The molecule has 5 nitrogen and oxygen atoms in total. The number of esters is 1. The molecule has 0 aliphatic heterocycles. The van der Waals surface area contributed by atoms with Crippen LogP contribution in [0.5, 0.6) is 5.75 Å². The number of phenols is 1. The van der Waals surface area contributed by atoms with Gasteiger partial charge in [0.2, 0.25) is 0 Å². The maximum Gasteiger partial charge on any atom is 0.342 e. The van der Waals surface area contributed by atoms with Crippen molar-refractivity contribution in [3.8, 4) is 5.75 Å². The molecule has 0 fully saturated rings. The van der Waals surface area contributed by atoms with Gasteiger partial charge in [0, 0.05) is 10.5 Å². The van der Waals surface area contributed by atoms with Crippen LogP contribution in [0.25, 0.3) is 0 Å². The summed E-state index contributed by atoms with van der Waals surface area (Å²) in [4.78, 5) is 23.9. The monoisotopic (exact) mass is 399 g/mol. The van der Waals surface area contributed by atoms with E-state index in [1.165, 1.54) is 25.1 Å². The lowest BCUT2D eigenvalue weighted by atomic mass is 10.2. The average Bonchev–Trinajstić information content (AvgIpc) is 2.53. The standard InChI is InChI=1S/C16H12BrF2NO4/c1-8(15(22)20-13-7-10(18)3-4-12(13)19)24-16(23)11-6-9(17)2-5-14(11)21/h2-8,21H,1H3,(H,20,22)/t8-/m0/s1. The number of carbonyl (C=O) groups is 2. The molecule has 0 saturated carbocycles. The van der Waals surface area contributed by atoms with Gasteiger partial charge in [-0.2, -0.15) is 0 Å². The number of halogens is 3. The summed E-state index contributed by atoms with van der Waals surface area (Å²) in [6, 6.07) is 6.71. The van der Waals surface area contributed by atoms with E-state index in [-0.39, 0.29) is 17.0 Å². The third-order valence-corrected chi connectivity index (χ3v) is 3.51. The van der Waals surface area contributed by atoms with Crippen LogP contribution >= 0.6 is 15.9 Å². The van der Waals surface area contributed by atoms with Crippen LogP contribution in [0.15, 0.2) is 40.9 Å². The first-order valence-corrected chi connectivity index (χ1v) is 7.52. The van der Waals surface area contributed by atoms with Crippen molar-refractivity contribution < 1.29 is 28.2 Å². The largest absolute Gasteiger partial charge is 0.507 e. The first-order valence-electron chi connectivity index (χ1n) is 6.73. The van der Waals surface area contributed by atoms with Gasteiger partial charge < -0.3 is 15.2 Å². The minimum atomic E-state index is -1.29. The smallest absolute Gasteiger partial charge is 0.342 e. The first kappa shape index (κ1) is 17.9. The summed E-state index contributed by atoms with van der Waals surface area (Å²) in [5.41, 5.74) is -0.505. The number of rotatable bonds is 4. The molecule has 0 saturated heterocycles. The second kappa shape index (κ2) is 7.39. The van der Waals surface area contributed by atoms with Gasteiger partial charge in [-0.15, -0.1) is 0 Å². The summed E-state index contributed by atoms with van der Waals surface area (Å²) in [5.74, 6) is -3.64. The Hall–Kier alpha value is -2.48. The van der Waals surface area contributed by atoms with Crippen molar-refractivity contribution in [1.29, 1.82) is 0 Å². The summed E-state index contributed by atoms with van der Waals surface area (Å²) < 4.78 is 32.0. The number of hydrogen-bond donors (Lipinski definition) is 2. The van der Waals surface area contributed by atoms with Crippen molar-refractivity contribution in [3.63, 3.8) is 0 Å². The van der Waals surface area contributed by atoms with Crippen LogP contribution in [0, 0.1) is 11.6 Å². The van der Waals surface area contributed by atoms with E-state index >= 15 is 0 Å². The Morgan fingerprint density at radius 3 is 2.62 bits per heavy atom. The Kier molecular flexibility index (Phi) is 5.50. The van der Waals surface area contributed by atoms with Crippen LogP contribution in [-0.4, -0.2) is 23.1 Å². The lowest BCUT2D eigenvalue weighted by molar-refractivity contribution is -0.123. The molecule has 24 heavy (non-hydrogen) atoms. The molecule has 0 aliphatic rings. The van der Waals surface area contributed by atoms with E-state index in [9.17, 15) is 23.5 Å². The Morgan fingerprint density at radius 1 is 1.21 bits per heavy atom. The van der Waals surface area contributed by atoms with Crippen LogP contribution in [0.2, 0.25) is 0 Å². The SMILES string of the molecule is C[C@H](OC(=O)c1cc(Br)ccc1O)C(=O)Nc1cc(F)ccc1F. The molecule has 8 heteroatoms. The molecule has 2 aromatic carbocycles. The van der Waals surface area contributed by atoms with Gasteiger partial charge in [-0.25, -0.2) is 13.6 Å². The molecule has 0 aromatic heterocycles. The van der Waals surface area contributed by atoms with E-state index < -0.39 is 29.6 Å². The van der Waals surface area contributed by atoms with Gasteiger partial charge in [0.1, 0.15) is 22.9 Å². The zero-order valence-corrected chi connectivity index (χ0v) is 13.9. The van der Waals surface area contributed by atoms with Crippen LogP contribution in [-0.2, 0) is 9.53 Å². The van der Waals surface area contributed by atoms with E-state index in [1.807, 2.05) is 0 Å². The predicted octanol–water partition coefficient (Wildman–Crippen LogP) is 3.62. The molecular weight excluding hydrogens is 388 g/mol. The highest BCUT2D eigenvalue weighted by Crippen LogP contribution is 2.23. The molecule has 1 atom stereocenters. The lowest BCUT2D eigenvalue weighted by Gasteiger charge is -2.14. The number of amides is 1. The predicted molar refractivity (Wildman–Crippen MR) is 85.7 cm³/mol. The summed E-state index contributed by atoms with van der Waals surface area (Å²) in [6.07, 6.45) is -1.29. The zero-order valence-electron chi connectivity index (χ0n) is 12.3. The topological polar surface area (TPSA) is 75.6 Å². The zero-order chi connectivity index (χ0) is 17.9. The number of anilines is 1. The van der Waals surface area contributed by atoms with E-state index in [4.69, 9.17) is 4.74 Å². The molecular formula is C16H12BrF2NO4. The van der Waals surface area contributed by atoms with Crippen molar-refractivity contribution >= 4 is 33.5 Å². The molecule has 126 valence electrons. The number of hydrogen-bond acceptors (Lipinski definition) is 4. The average molecular weight is 400 g/mol. The highest BCUT2D eigenvalue weighted by Gasteiger charge is 2.22. The highest BCUT2D eigenvalue weighted by atomic mass is 79.9. The Balaban J connectivity index is 2.07. The number of carbonyl (C=O) groups excluding carboxylic acids is 2. The van der Waals surface area contributed by atoms with Crippen LogP contribution in [0.4, 0.5) is 14.5 Å². The van der Waals surface area contributed by atoms with Gasteiger partial charge in [-0.1, -0.05) is 15.9 Å². The number of aromatic hydroxyl groups is 1. The van der Waals surface area contributed by atoms with E-state index in [1.54, 1.807) is 0 Å². The van der Waals surface area contributed by atoms with Gasteiger partial charge in [0.25, 0.3) is 5.91 Å². The first-order chi connectivity index (χ1) is 11.3. The van der Waals surface area contributed by atoms with Gasteiger partial charge in [-0.05, 0) is 37.3 Å². The molecule has 0 spiro atoms. The fourth-order valence-corrected chi connectivity index (χ4v) is 2.14. The Bertz CT molecular complexity index is 798. The molecule has 0 unspecified atom stereocenters. The second-order valence-electron chi connectivity index (χ2n) is 4.82. The molecule has 0 bridgehead atoms. The maximum absolute atomic E-state index is 13.5. The molecule has 2 aromatic rings. The number of ether oxygens (including phenoxy) is 1. The lowest BCUT2D eigenvalue weighted by Crippen LogP contribution is -2.30. The fourth-order valence-electron chi connectivity index (χ4n) is 1.78.